The van der Waals surface area contributed by atoms with Crippen LogP contribution in [-0.2, 0) is 16.0 Å². The van der Waals surface area contributed by atoms with Crippen LogP contribution in [0.5, 0.6) is 0 Å². The minimum absolute atomic E-state index is 0.0212. The summed E-state index contributed by atoms with van der Waals surface area (Å²) in [6.45, 7) is 2.27. The Morgan fingerprint density at radius 3 is 3.11 bits per heavy atom. The molecule has 0 aliphatic carbocycles. The molecule has 0 bridgehead atoms. The summed E-state index contributed by atoms with van der Waals surface area (Å²) in [5.41, 5.74) is 2.22. The van der Waals surface area contributed by atoms with Gasteiger partial charge in [-0.3, -0.25) is 9.59 Å². The number of nitrogens with zero attached hydrogens (tertiary/aromatic N) is 1. The molecule has 0 aromatic heterocycles. The number of para-hydroxylation sites is 1. The van der Waals surface area contributed by atoms with Crippen LogP contribution in [0.25, 0.3) is 0 Å². The Morgan fingerprint density at radius 1 is 1.42 bits per heavy atom. The van der Waals surface area contributed by atoms with Gasteiger partial charge in [-0.25, -0.2) is 0 Å². The number of carbonyl (C=O) groups excluding carboxylic acids is 2. The molecule has 19 heavy (non-hydrogen) atoms. The second kappa shape index (κ2) is 5.01. The van der Waals surface area contributed by atoms with Crippen LogP contribution in [0, 0.1) is 0 Å². The van der Waals surface area contributed by atoms with Gasteiger partial charge in [-0.05, 0) is 18.1 Å². The lowest BCUT2D eigenvalue weighted by molar-refractivity contribution is -0.678. The van der Waals surface area contributed by atoms with Gasteiger partial charge >= 0.3 is 0 Å². The predicted octanol–water partition coefficient (Wildman–Crippen LogP) is -0.972. The molecule has 0 unspecified atom stereocenters. The first-order valence-corrected chi connectivity index (χ1v) is 6.75. The fourth-order valence-electron chi connectivity index (χ4n) is 2.79. The van der Waals surface area contributed by atoms with Gasteiger partial charge in [-0.15, -0.1) is 0 Å². The monoisotopic (exact) mass is 260 g/mol. The summed E-state index contributed by atoms with van der Waals surface area (Å²) in [4.78, 5) is 25.8. The Balaban J connectivity index is 1.70. The number of rotatable bonds is 2. The summed E-state index contributed by atoms with van der Waals surface area (Å²) < 4.78 is 0. The Kier molecular flexibility index (Phi) is 3.21. The van der Waals surface area contributed by atoms with Gasteiger partial charge in [0.05, 0.1) is 19.5 Å². The largest absolute Gasteiger partial charge is 0.345 e. The molecule has 2 amide bonds. The molecular formula is C14H18N3O2+. The second-order valence-corrected chi connectivity index (χ2v) is 5.05. The van der Waals surface area contributed by atoms with Crippen molar-refractivity contribution in [2.45, 2.75) is 18.9 Å². The highest BCUT2D eigenvalue weighted by atomic mass is 16.2. The van der Waals surface area contributed by atoms with Gasteiger partial charge in [0.15, 0.2) is 6.04 Å². The Hall–Kier alpha value is -1.88. The van der Waals surface area contributed by atoms with Crippen molar-refractivity contribution < 1.29 is 14.9 Å². The first-order chi connectivity index (χ1) is 9.25. The van der Waals surface area contributed by atoms with Crippen LogP contribution in [0.1, 0.15) is 12.0 Å². The quantitative estimate of drug-likeness (QED) is 0.718. The van der Waals surface area contributed by atoms with Crippen LogP contribution in [0.4, 0.5) is 5.69 Å². The summed E-state index contributed by atoms with van der Waals surface area (Å²) in [5, 5.41) is 4.76. The third-order valence-electron chi connectivity index (χ3n) is 3.81. The Bertz CT molecular complexity index is 515. The van der Waals surface area contributed by atoms with Gasteiger partial charge in [-0.2, -0.15) is 0 Å². The number of carbonyl (C=O) groups is 2. The van der Waals surface area contributed by atoms with Crippen molar-refractivity contribution in [2.24, 2.45) is 0 Å². The van der Waals surface area contributed by atoms with E-state index in [9.17, 15) is 9.59 Å². The number of piperazine rings is 1. The van der Waals surface area contributed by atoms with E-state index in [-0.39, 0.29) is 24.3 Å². The number of anilines is 1. The average molecular weight is 260 g/mol. The molecule has 1 saturated heterocycles. The highest BCUT2D eigenvalue weighted by Gasteiger charge is 2.32. The zero-order valence-electron chi connectivity index (χ0n) is 10.8. The number of quaternary nitrogens is 1. The fraction of sp³-hybridized carbons (Fsp3) is 0.429. The lowest BCUT2D eigenvalue weighted by Crippen LogP contribution is -2.96. The van der Waals surface area contributed by atoms with E-state index in [4.69, 9.17) is 0 Å². The van der Waals surface area contributed by atoms with Crippen molar-refractivity contribution in [2.75, 3.05) is 24.5 Å². The lowest BCUT2D eigenvalue weighted by Gasteiger charge is -2.23. The number of hydrogen-bond donors (Lipinski definition) is 2. The van der Waals surface area contributed by atoms with Crippen molar-refractivity contribution in [3.63, 3.8) is 0 Å². The molecule has 100 valence electrons. The molecule has 1 fully saturated rings. The summed E-state index contributed by atoms with van der Waals surface area (Å²) in [6, 6.07) is 7.71. The molecule has 0 radical (unpaired) electrons. The maximum atomic E-state index is 12.3. The standard InChI is InChI=1S/C14H17N3O2/c18-13(9-11-14(19)16-7-6-15-11)17-8-5-10-3-1-2-4-12(10)17/h1-4,11,15H,5-9H2,(H,16,19)/p+1/t11-/m0/s1. The van der Waals surface area contributed by atoms with E-state index in [1.807, 2.05) is 28.4 Å². The minimum atomic E-state index is -0.269. The highest BCUT2D eigenvalue weighted by Crippen LogP contribution is 2.27. The molecule has 0 spiro atoms. The van der Waals surface area contributed by atoms with Crippen LogP contribution in [-0.4, -0.2) is 37.5 Å². The summed E-state index contributed by atoms with van der Waals surface area (Å²) in [7, 11) is 0. The number of nitrogens with one attached hydrogen (secondary N) is 1. The summed E-state index contributed by atoms with van der Waals surface area (Å²) >= 11 is 0. The predicted molar refractivity (Wildman–Crippen MR) is 70.7 cm³/mol. The number of nitrogens with two attached hydrogens (primary N) is 1. The van der Waals surface area contributed by atoms with E-state index in [0.29, 0.717) is 6.54 Å². The van der Waals surface area contributed by atoms with Gasteiger partial charge in [0.2, 0.25) is 5.91 Å². The maximum Gasteiger partial charge on any atom is 0.278 e. The molecule has 2 aliphatic heterocycles. The molecule has 5 heteroatoms. The van der Waals surface area contributed by atoms with Crippen LogP contribution >= 0.6 is 0 Å². The first kappa shape index (κ1) is 12.2. The zero-order valence-corrected chi connectivity index (χ0v) is 10.8. The van der Waals surface area contributed by atoms with E-state index in [2.05, 4.69) is 11.4 Å². The van der Waals surface area contributed by atoms with Gasteiger partial charge in [0.1, 0.15) is 0 Å². The number of fused-ring (bicyclic) bond motifs is 1. The van der Waals surface area contributed by atoms with E-state index in [1.165, 1.54) is 5.56 Å². The highest BCUT2D eigenvalue weighted by molar-refractivity contribution is 5.98. The summed E-state index contributed by atoms with van der Waals surface area (Å²) in [6.07, 6.45) is 1.18. The molecule has 1 atom stereocenters. The third-order valence-corrected chi connectivity index (χ3v) is 3.81. The maximum absolute atomic E-state index is 12.3. The number of hydrogen-bond acceptors (Lipinski definition) is 2. The molecule has 1 aromatic carbocycles. The molecule has 3 rings (SSSR count). The number of benzene rings is 1. The van der Waals surface area contributed by atoms with Crippen molar-refractivity contribution >= 4 is 17.5 Å². The number of amides is 2. The van der Waals surface area contributed by atoms with Crippen molar-refractivity contribution in [1.82, 2.24) is 5.32 Å². The molecule has 0 saturated carbocycles. The van der Waals surface area contributed by atoms with Gasteiger partial charge < -0.3 is 15.5 Å². The van der Waals surface area contributed by atoms with Crippen LogP contribution in [0.2, 0.25) is 0 Å². The summed E-state index contributed by atoms with van der Waals surface area (Å²) in [5.74, 6) is 0.0235. The minimum Gasteiger partial charge on any atom is -0.345 e. The molecular weight excluding hydrogens is 242 g/mol. The lowest BCUT2D eigenvalue weighted by atomic mass is 10.1. The molecule has 2 aliphatic rings. The average Bonchev–Trinajstić information content (AvgIpc) is 2.85. The van der Waals surface area contributed by atoms with E-state index in [0.717, 1.165) is 25.2 Å². The van der Waals surface area contributed by atoms with Gasteiger partial charge in [0, 0.05) is 12.2 Å². The third kappa shape index (κ3) is 2.33. The van der Waals surface area contributed by atoms with Crippen molar-refractivity contribution in [3.8, 4) is 0 Å². The van der Waals surface area contributed by atoms with E-state index >= 15 is 0 Å². The van der Waals surface area contributed by atoms with E-state index < -0.39 is 0 Å². The molecule has 2 heterocycles. The Labute approximate surface area is 112 Å². The SMILES string of the molecule is O=C1NCC[NH2+][C@H]1CC(=O)N1CCc2ccccc21. The van der Waals surface area contributed by atoms with Crippen LogP contribution in [0.15, 0.2) is 24.3 Å². The molecule has 3 N–H and O–H groups in total. The molecule has 5 nitrogen and oxygen atoms in total. The van der Waals surface area contributed by atoms with Gasteiger partial charge in [-0.1, -0.05) is 18.2 Å². The van der Waals surface area contributed by atoms with Crippen molar-refractivity contribution in [1.29, 1.82) is 0 Å². The zero-order chi connectivity index (χ0) is 13.2. The van der Waals surface area contributed by atoms with Crippen LogP contribution in [0.3, 0.4) is 0 Å². The Morgan fingerprint density at radius 2 is 2.26 bits per heavy atom. The normalized spacial score (nSPS) is 22.0. The van der Waals surface area contributed by atoms with Crippen LogP contribution < -0.4 is 15.5 Å². The topological polar surface area (TPSA) is 66.0 Å². The van der Waals surface area contributed by atoms with Gasteiger partial charge in [0.25, 0.3) is 5.91 Å². The molecule has 1 aromatic rings. The fourth-order valence-corrected chi connectivity index (χ4v) is 2.79. The first-order valence-electron chi connectivity index (χ1n) is 6.75. The smallest absolute Gasteiger partial charge is 0.278 e. The second-order valence-electron chi connectivity index (χ2n) is 5.05. The van der Waals surface area contributed by atoms with Crippen molar-refractivity contribution in [3.05, 3.63) is 29.8 Å². The van der Waals surface area contributed by atoms with E-state index in [1.54, 1.807) is 0 Å².